The summed E-state index contributed by atoms with van der Waals surface area (Å²) in [5, 5.41) is 0. The van der Waals surface area contributed by atoms with Crippen molar-refractivity contribution in [3.8, 4) is 0 Å². The number of aromatic nitrogens is 2. The molecule has 1 heterocycles. The highest BCUT2D eigenvalue weighted by Gasteiger charge is 2.11. The van der Waals surface area contributed by atoms with Crippen LogP contribution in [0.2, 0.25) is 0 Å². The molecule has 0 saturated carbocycles. The standard InChI is InChI=1S/C15H10Br2N2O2/c16-10-4-1-8(2-5-10)13(17)9-3-6-11-12(7-9)19-15(21)14(20)18-11/h1-7,13H,(H,18,20)(H,19,21). The van der Waals surface area contributed by atoms with Crippen LogP contribution < -0.4 is 11.1 Å². The van der Waals surface area contributed by atoms with E-state index in [0.717, 1.165) is 15.6 Å². The first kappa shape index (κ1) is 14.3. The largest absolute Gasteiger partial charge is 0.316 e. The molecule has 2 N–H and O–H groups in total. The molecule has 3 rings (SSSR count). The zero-order valence-corrected chi connectivity index (χ0v) is 13.9. The molecule has 6 heteroatoms. The predicted octanol–water partition coefficient (Wildman–Crippen LogP) is 3.46. The van der Waals surface area contributed by atoms with Crippen molar-refractivity contribution in [1.29, 1.82) is 0 Å². The fourth-order valence-corrected chi connectivity index (χ4v) is 2.97. The smallest absolute Gasteiger partial charge is 0.314 e. The van der Waals surface area contributed by atoms with Gasteiger partial charge in [0.05, 0.1) is 15.9 Å². The van der Waals surface area contributed by atoms with Crippen molar-refractivity contribution in [3.05, 3.63) is 78.8 Å². The molecule has 0 spiro atoms. The van der Waals surface area contributed by atoms with Crippen LogP contribution in [0.5, 0.6) is 0 Å². The van der Waals surface area contributed by atoms with Gasteiger partial charge in [0.15, 0.2) is 0 Å². The van der Waals surface area contributed by atoms with E-state index < -0.39 is 11.1 Å². The van der Waals surface area contributed by atoms with E-state index in [-0.39, 0.29) is 4.83 Å². The third-order valence-corrected chi connectivity index (χ3v) is 4.79. The normalized spacial score (nSPS) is 12.5. The SMILES string of the molecule is O=c1[nH]c2ccc(C(Br)c3ccc(Br)cc3)cc2[nH]c1=O. The van der Waals surface area contributed by atoms with Gasteiger partial charge < -0.3 is 9.97 Å². The van der Waals surface area contributed by atoms with E-state index in [1.54, 1.807) is 6.07 Å². The molecule has 0 fully saturated rings. The van der Waals surface area contributed by atoms with Gasteiger partial charge in [-0.1, -0.05) is 50.1 Å². The number of aromatic amines is 2. The average molecular weight is 410 g/mol. The predicted molar refractivity (Wildman–Crippen MR) is 90.1 cm³/mol. The third kappa shape index (κ3) is 2.87. The zero-order chi connectivity index (χ0) is 15.0. The van der Waals surface area contributed by atoms with Crippen LogP contribution in [0.4, 0.5) is 0 Å². The Morgan fingerprint density at radius 3 is 2.05 bits per heavy atom. The lowest BCUT2D eigenvalue weighted by Gasteiger charge is -2.11. The van der Waals surface area contributed by atoms with Crippen molar-refractivity contribution < 1.29 is 0 Å². The Kier molecular flexibility index (Phi) is 3.82. The molecule has 2 aromatic carbocycles. The van der Waals surface area contributed by atoms with E-state index in [4.69, 9.17) is 0 Å². The summed E-state index contributed by atoms with van der Waals surface area (Å²) in [7, 11) is 0. The molecule has 0 saturated heterocycles. The maximum atomic E-state index is 11.4. The van der Waals surface area contributed by atoms with Gasteiger partial charge in [0, 0.05) is 4.47 Å². The summed E-state index contributed by atoms with van der Waals surface area (Å²) in [6, 6.07) is 13.5. The maximum absolute atomic E-state index is 11.4. The quantitative estimate of drug-likeness (QED) is 0.502. The number of hydrogen-bond acceptors (Lipinski definition) is 2. The minimum absolute atomic E-state index is 0.00503. The molecule has 0 aliphatic carbocycles. The monoisotopic (exact) mass is 408 g/mol. The second-order valence-electron chi connectivity index (χ2n) is 4.63. The van der Waals surface area contributed by atoms with Crippen LogP contribution in [-0.4, -0.2) is 9.97 Å². The highest BCUT2D eigenvalue weighted by atomic mass is 79.9. The van der Waals surface area contributed by atoms with Crippen LogP contribution in [0.1, 0.15) is 16.0 Å². The molecule has 0 aliphatic heterocycles. The summed E-state index contributed by atoms with van der Waals surface area (Å²) in [6.45, 7) is 0. The molecule has 0 bridgehead atoms. The van der Waals surface area contributed by atoms with Gasteiger partial charge in [-0.2, -0.15) is 0 Å². The summed E-state index contributed by atoms with van der Waals surface area (Å²) in [4.78, 5) is 27.8. The molecule has 106 valence electrons. The number of fused-ring (bicyclic) bond motifs is 1. The van der Waals surface area contributed by atoms with Crippen molar-refractivity contribution in [2.75, 3.05) is 0 Å². The Hall–Kier alpha value is -1.66. The minimum atomic E-state index is -0.644. The van der Waals surface area contributed by atoms with Crippen LogP contribution in [0.25, 0.3) is 11.0 Å². The number of nitrogens with one attached hydrogen (secondary N) is 2. The molecule has 4 nitrogen and oxygen atoms in total. The van der Waals surface area contributed by atoms with E-state index in [2.05, 4.69) is 41.8 Å². The third-order valence-electron chi connectivity index (χ3n) is 3.20. The van der Waals surface area contributed by atoms with Crippen LogP contribution in [0.15, 0.2) is 56.5 Å². The van der Waals surface area contributed by atoms with E-state index in [0.29, 0.717) is 11.0 Å². The van der Waals surface area contributed by atoms with Crippen molar-refractivity contribution in [3.63, 3.8) is 0 Å². The molecule has 0 amide bonds. The average Bonchev–Trinajstić information content (AvgIpc) is 2.48. The van der Waals surface area contributed by atoms with Gasteiger partial charge in [-0.05, 0) is 35.4 Å². The molecular formula is C15H10Br2N2O2. The molecular weight excluding hydrogens is 400 g/mol. The molecule has 1 aromatic heterocycles. The topological polar surface area (TPSA) is 65.7 Å². The summed E-state index contributed by atoms with van der Waals surface area (Å²) in [6.07, 6.45) is 0. The van der Waals surface area contributed by atoms with Gasteiger partial charge >= 0.3 is 11.1 Å². The fraction of sp³-hybridized carbons (Fsp3) is 0.0667. The molecule has 0 aliphatic rings. The Labute approximate surface area is 136 Å². The minimum Gasteiger partial charge on any atom is -0.316 e. The highest BCUT2D eigenvalue weighted by molar-refractivity contribution is 9.10. The van der Waals surface area contributed by atoms with E-state index >= 15 is 0 Å². The lowest BCUT2D eigenvalue weighted by Crippen LogP contribution is -2.28. The lowest BCUT2D eigenvalue weighted by molar-refractivity contribution is 1.13. The van der Waals surface area contributed by atoms with E-state index in [1.807, 2.05) is 36.4 Å². The molecule has 0 radical (unpaired) electrons. The van der Waals surface area contributed by atoms with Crippen molar-refractivity contribution >= 4 is 42.9 Å². The number of halogens is 2. The van der Waals surface area contributed by atoms with Crippen LogP contribution in [0, 0.1) is 0 Å². The number of benzene rings is 2. The molecule has 21 heavy (non-hydrogen) atoms. The summed E-state index contributed by atoms with van der Waals surface area (Å²) < 4.78 is 1.02. The molecule has 1 atom stereocenters. The summed E-state index contributed by atoms with van der Waals surface area (Å²) in [5.74, 6) is 0. The van der Waals surface area contributed by atoms with Gasteiger partial charge in [0.2, 0.25) is 0 Å². The number of alkyl halides is 1. The van der Waals surface area contributed by atoms with Gasteiger partial charge in [-0.25, -0.2) is 0 Å². The second-order valence-corrected chi connectivity index (χ2v) is 6.46. The first-order chi connectivity index (χ1) is 10.0. The molecule has 1 unspecified atom stereocenters. The van der Waals surface area contributed by atoms with Crippen LogP contribution >= 0.6 is 31.9 Å². The van der Waals surface area contributed by atoms with E-state index in [1.165, 1.54) is 0 Å². The van der Waals surface area contributed by atoms with E-state index in [9.17, 15) is 9.59 Å². The van der Waals surface area contributed by atoms with Crippen LogP contribution in [-0.2, 0) is 0 Å². The number of rotatable bonds is 2. The van der Waals surface area contributed by atoms with Crippen molar-refractivity contribution in [2.45, 2.75) is 4.83 Å². The summed E-state index contributed by atoms with van der Waals surface area (Å²) in [5.41, 5.74) is 2.03. The first-order valence-corrected chi connectivity index (χ1v) is 7.91. The Morgan fingerprint density at radius 2 is 1.38 bits per heavy atom. The van der Waals surface area contributed by atoms with Crippen molar-refractivity contribution in [2.24, 2.45) is 0 Å². The number of hydrogen-bond donors (Lipinski definition) is 2. The highest BCUT2D eigenvalue weighted by Crippen LogP contribution is 2.32. The fourth-order valence-electron chi connectivity index (χ4n) is 2.11. The van der Waals surface area contributed by atoms with Gasteiger partial charge in [-0.3, -0.25) is 9.59 Å². The molecule has 3 aromatic rings. The Morgan fingerprint density at radius 1 is 0.810 bits per heavy atom. The summed E-state index contributed by atoms with van der Waals surface area (Å²) >= 11 is 7.07. The van der Waals surface area contributed by atoms with Gasteiger partial charge in [-0.15, -0.1) is 0 Å². The second kappa shape index (κ2) is 5.61. The number of H-pyrrole nitrogens is 2. The van der Waals surface area contributed by atoms with Crippen molar-refractivity contribution in [1.82, 2.24) is 9.97 Å². The zero-order valence-electron chi connectivity index (χ0n) is 10.7. The lowest BCUT2D eigenvalue weighted by atomic mass is 10.0. The maximum Gasteiger partial charge on any atom is 0.314 e. The van der Waals surface area contributed by atoms with Gasteiger partial charge in [0.1, 0.15) is 0 Å². The first-order valence-electron chi connectivity index (χ1n) is 6.20. The Bertz CT molecular complexity index is 913. The Balaban J connectivity index is 2.08. The van der Waals surface area contributed by atoms with Gasteiger partial charge in [0.25, 0.3) is 0 Å². The van der Waals surface area contributed by atoms with Crippen LogP contribution in [0.3, 0.4) is 0 Å².